The van der Waals surface area contributed by atoms with Gasteiger partial charge in [0.15, 0.2) is 0 Å². The van der Waals surface area contributed by atoms with Gasteiger partial charge in [0, 0.05) is 10.4 Å². The quantitative estimate of drug-likeness (QED) is 0.787. The van der Waals surface area contributed by atoms with E-state index in [1.54, 1.807) is 11.0 Å². The summed E-state index contributed by atoms with van der Waals surface area (Å²) in [4.78, 5) is 3.87. The van der Waals surface area contributed by atoms with E-state index in [0.29, 0.717) is 0 Å². The molecule has 72 valence electrons. The smallest absolute Gasteiger partial charge is 0.138 e. The van der Waals surface area contributed by atoms with E-state index in [0.717, 1.165) is 21.6 Å². The lowest BCUT2D eigenvalue weighted by molar-refractivity contribution is 0.878. The van der Waals surface area contributed by atoms with E-state index in [-0.39, 0.29) is 0 Å². The van der Waals surface area contributed by atoms with E-state index < -0.39 is 0 Å². The van der Waals surface area contributed by atoms with Crippen LogP contribution in [0, 0.1) is 0 Å². The summed E-state index contributed by atoms with van der Waals surface area (Å²) in [6, 6.07) is 5.79. The highest BCUT2D eigenvalue weighted by molar-refractivity contribution is 9.08. The van der Waals surface area contributed by atoms with Gasteiger partial charge in [-0.25, -0.2) is 9.67 Å². The molecule has 0 spiro atoms. The maximum absolute atomic E-state index is 6.05. The van der Waals surface area contributed by atoms with Crippen molar-refractivity contribution in [3.8, 4) is 5.69 Å². The average molecular weight is 273 g/mol. The van der Waals surface area contributed by atoms with Gasteiger partial charge in [-0.2, -0.15) is 5.10 Å². The van der Waals surface area contributed by atoms with Crippen LogP contribution in [0.15, 0.2) is 30.9 Å². The zero-order valence-corrected chi connectivity index (χ0v) is 9.53. The molecule has 0 saturated carbocycles. The predicted octanol–water partition coefficient (Wildman–Crippen LogP) is 2.82. The summed E-state index contributed by atoms with van der Waals surface area (Å²) in [6.07, 6.45) is 3.13. The molecule has 14 heavy (non-hydrogen) atoms. The Morgan fingerprint density at radius 1 is 1.43 bits per heavy atom. The molecule has 0 aliphatic rings. The molecule has 0 saturated heterocycles. The molecule has 0 atom stereocenters. The predicted molar refractivity (Wildman–Crippen MR) is 59.0 cm³/mol. The maximum Gasteiger partial charge on any atom is 0.138 e. The van der Waals surface area contributed by atoms with Crippen molar-refractivity contribution < 1.29 is 0 Å². The van der Waals surface area contributed by atoms with Gasteiger partial charge < -0.3 is 0 Å². The van der Waals surface area contributed by atoms with E-state index >= 15 is 0 Å². The van der Waals surface area contributed by atoms with Crippen LogP contribution in [0.25, 0.3) is 5.69 Å². The number of hydrogen-bond acceptors (Lipinski definition) is 2. The van der Waals surface area contributed by atoms with Gasteiger partial charge in [-0.1, -0.05) is 33.6 Å². The molecule has 2 aromatic rings. The zero-order valence-electron chi connectivity index (χ0n) is 7.19. The van der Waals surface area contributed by atoms with Gasteiger partial charge in [-0.05, 0) is 17.7 Å². The Morgan fingerprint density at radius 2 is 2.29 bits per heavy atom. The molecule has 5 heteroatoms. The van der Waals surface area contributed by atoms with Crippen LogP contribution in [-0.2, 0) is 5.33 Å². The maximum atomic E-state index is 6.05. The monoisotopic (exact) mass is 271 g/mol. The molecule has 2 rings (SSSR count). The first-order valence-corrected chi connectivity index (χ1v) is 5.50. The second-order valence-corrected chi connectivity index (χ2v) is 3.72. The van der Waals surface area contributed by atoms with Crippen molar-refractivity contribution in [1.82, 2.24) is 14.8 Å². The van der Waals surface area contributed by atoms with E-state index in [1.807, 2.05) is 18.2 Å². The molecule has 0 amide bonds. The van der Waals surface area contributed by atoms with Gasteiger partial charge in [0.2, 0.25) is 0 Å². The van der Waals surface area contributed by atoms with Gasteiger partial charge in [0.1, 0.15) is 12.7 Å². The van der Waals surface area contributed by atoms with E-state index in [2.05, 4.69) is 26.0 Å². The van der Waals surface area contributed by atoms with Crippen LogP contribution in [0.4, 0.5) is 0 Å². The minimum atomic E-state index is 0.731. The topological polar surface area (TPSA) is 30.7 Å². The fraction of sp³-hybridized carbons (Fsp3) is 0.111. The molecule has 0 fully saturated rings. The Hall–Kier alpha value is -0.870. The van der Waals surface area contributed by atoms with Crippen LogP contribution in [0.3, 0.4) is 0 Å². The van der Waals surface area contributed by atoms with Crippen LogP contribution < -0.4 is 0 Å². The first kappa shape index (κ1) is 9.68. The molecule has 1 heterocycles. The summed E-state index contributed by atoms with van der Waals surface area (Å²) >= 11 is 9.42. The number of benzene rings is 1. The molecule has 1 aromatic carbocycles. The molecule has 0 aliphatic heterocycles. The SMILES string of the molecule is Clc1cc(-n2cncn2)ccc1CBr. The van der Waals surface area contributed by atoms with Crippen LogP contribution in [-0.4, -0.2) is 14.8 Å². The highest BCUT2D eigenvalue weighted by Gasteiger charge is 2.02. The van der Waals surface area contributed by atoms with Crippen molar-refractivity contribution >= 4 is 27.5 Å². The Balaban J connectivity index is 2.43. The van der Waals surface area contributed by atoms with Crippen molar-refractivity contribution in [3.05, 3.63) is 41.4 Å². The number of alkyl halides is 1. The lowest BCUT2D eigenvalue weighted by Gasteiger charge is -2.03. The number of rotatable bonds is 2. The fourth-order valence-electron chi connectivity index (χ4n) is 1.13. The Kier molecular flexibility index (Phi) is 2.84. The van der Waals surface area contributed by atoms with Crippen molar-refractivity contribution in [1.29, 1.82) is 0 Å². The van der Waals surface area contributed by atoms with Gasteiger partial charge >= 0.3 is 0 Å². The van der Waals surface area contributed by atoms with Gasteiger partial charge in [-0.3, -0.25) is 0 Å². The summed E-state index contributed by atoms with van der Waals surface area (Å²) in [5.74, 6) is 0. The third-order valence-corrected chi connectivity index (χ3v) is 2.82. The molecule has 0 N–H and O–H groups in total. The zero-order chi connectivity index (χ0) is 9.97. The summed E-state index contributed by atoms with van der Waals surface area (Å²) in [6.45, 7) is 0. The molecule has 3 nitrogen and oxygen atoms in total. The van der Waals surface area contributed by atoms with Crippen LogP contribution >= 0.6 is 27.5 Å². The minimum absolute atomic E-state index is 0.731. The van der Waals surface area contributed by atoms with Gasteiger partial charge in [0.25, 0.3) is 0 Å². The van der Waals surface area contributed by atoms with E-state index in [4.69, 9.17) is 11.6 Å². The van der Waals surface area contributed by atoms with Crippen molar-refractivity contribution in [3.63, 3.8) is 0 Å². The summed E-state index contributed by atoms with van der Waals surface area (Å²) < 4.78 is 1.67. The van der Waals surface area contributed by atoms with Crippen molar-refractivity contribution in [2.24, 2.45) is 0 Å². The average Bonchev–Trinajstić information content (AvgIpc) is 2.70. The van der Waals surface area contributed by atoms with Crippen LogP contribution in [0.1, 0.15) is 5.56 Å². The lowest BCUT2D eigenvalue weighted by Crippen LogP contribution is -1.94. The minimum Gasteiger partial charge on any atom is -0.223 e. The summed E-state index contributed by atoms with van der Waals surface area (Å²) in [5.41, 5.74) is 1.98. The molecule has 0 bridgehead atoms. The summed E-state index contributed by atoms with van der Waals surface area (Å²) in [5, 5.41) is 5.50. The summed E-state index contributed by atoms with van der Waals surface area (Å²) in [7, 11) is 0. The number of hydrogen-bond donors (Lipinski definition) is 0. The molecular formula is C9H7BrClN3. The van der Waals surface area contributed by atoms with E-state index in [1.165, 1.54) is 6.33 Å². The normalized spacial score (nSPS) is 10.4. The third kappa shape index (κ3) is 1.81. The largest absolute Gasteiger partial charge is 0.223 e. The third-order valence-electron chi connectivity index (χ3n) is 1.86. The van der Waals surface area contributed by atoms with Crippen molar-refractivity contribution in [2.75, 3.05) is 0 Å². The standard InChI is InChI=1S/C9H7BrClN3/c10-4-7-1-2-8(3-9(7)11)14-6-12-5-13-14/h1-3,5-6H,4H2. The molecule has 0 radical (unpaired) electrons. The second-order valence-electron chi connectivity index (χ2n) is 2.75. The van der Waals surface area contributed by atoms with Gasteiger partial charge in [-0.15, -0.1) is 0 Å². The number of halogens is 2. The molecule has 0 aliphatic carbocycles. The van der Waals surface area contributed by atoms with Crippen molar-refractivity contribution in [2.45, 2.75) is 5.33 Å². The number of aromatic nitrogens is 3. The Morgan fingerprint density at radius 3 is 2.86 bits per heavy atom. The lowest BCUT2D eigenvalue weighted by atomic mass is 10.2. The second kappa shape index (κ2) is 4.11. The first-order chi connectivity index (χ1) is 6.81. The molecular weight excluding hydrogens is 265 g/mol. The molecule has 1 aromatic heterocycles. The van der Waals surface area contributed by atoms with Gasteiger partial charge in [0.05, 0.1) is 5.69 Å². The highest BCUT2D eigenvalue weighted by Crippen LogP contribution is 2.21. The molecule has 0 unspecified atom stereocenters. The van der Waals surface area contributed by atoms with Crippen LogP contribution in [0.2, 0.25) is 5.02 Å². The highest BCUT2D eigenvalue weighted by atomic mass is 79.9. The Bertz CT molecular complexity index is 428. The fourth-order valence-corrected chi connectivity index (χ4v) is 2.02. The van der Waals surface area contributed by atoms with Crippen LogP contribution in [0.5, 0.6) is 0 Å². The number of nitrogens with zero attached hydrogens (tertiary/aromatic N) is 3. The first-order valence-electron chi connectivity index (χ1n) is 4.00. The van der Waals surface area contributed by atoms with E-state index in [9.17, 15) is 0 Å². The Labute approximate surface area is 94.9 Å².